The van der Waals surface area contributed by atoms with Gasteiger partial charge in [-0.05, 0) is 12.0 Å². The second-order valence-corrected chi connectivity index (χ2v) is 3.57. The SMILES string of the molecule is COCC(=O)N[C@@H](CO)Cc1ccccc1. The number of hydrogen-bond acceptors (Lipinski definition) is 3. The van der Waals surface area contributed by atoms with Crippen molar-refractivity contribution in [1.29, 1.82) is 0 Å². The van der Waals surface area contributed by atoms with Crippen molar-refractivity contribution >= 4 is 5.91 Å². The fourth-order valence-corrected chi connectivity index (χ4v) is 1.46. The average Bonchev–Trinajstić information content (AvgIpc) is 2.30. The largest absolute Gasteiger partial charge is 0.394 e. The van der Waals surface area contributed by atoms with Crippen molar-refractivity contribution in [2.75, 3.05) is 20.3 Å². The van der Waals surface area contributed by atoms with E-state index in [1.807, 2.05) is 30.3 Å². The van der Waals surface area contributed by atoms with Crippen LogP contribution >= 0.6 is 0 Å². The maximum absolute atomic E-state index is 11.3. The van der Waals surface area contributed by atoms with Crippen molar-refractivity contribution in [3.05, 3.63) is 35.9 Å². The number of benzene rings is 1. The fraction of sp³-hybridized carbons (Fsp3) is 0.417. The van der Waals surface area contributed by atoms with Crippen molar-refractivity contribution < 1.29 is 14.6 Å². The molecule has 0 saturated heterocycles. The molecule has 1 aromatic rings. The lowest BCUT2D eigenvalue weighted by Crippen LogP contribution is -2.40. The van der Waals surface area contributed by atoms with Crippen molar-refractivity contribution in [2.24, 2.45) is 0 Å². The lowest BCUT2D eigenvalue weighted by Gasteiger charge is -2.16. The Morgan fingerprint density at radius 1 is 1.44 bits per heavy atom. The van der Waals surface area contributed by atoms with Crippen LogP contribution in [0.25, 0.3) is 0 Å². The zero-order chi connectivity index (χ0) is 11.8. The van der Waals surface area contributed by atoms with Crippen LogP contribution < -0.4 is 5.32 Å². The van der Waals surface area contributed by atoms with E-state index in [1.165, 1.54) is 7.11 Å². The Hall–Kier alpha value is -1.39. The van der Waals surface area contributed by atoms with Gasteiger partial charge in [-0.25, -0.2) is 0 Å². The number of nitrogens with one attached hydrogen (secondary N) is 1. The Balaban J connectivity index is 2.46. The number of amides is 1. The molecule has 0 aromatic heterocycles. The molecule has 0 aliphatic rings. The minimum absolute atomic E-state index is 0.0191. The molecule has 1 rings (SSSR count). The van der Waals surface area contributed by atoms with Gasteiger partial charge in [0.1, 0.15) is 6.61 Å². The summed E-state index contributed by atoms with van der Waals surface area (Å²) < 4.78 is 4.71. The molecule has 0 aliphatic heterocycles. The minimum Gasteiger partial charge on any atom is -0.394 e. The molecule has 2 N–H and O–H groups in total. The quantitative estimate of drug-likeness (QED) is 0.731. The van der Waals surface area contributed by atoms with Crippen LogP contribution in [0.15, 0.2) is 30.3 Å². The van der Waals surface area contributed by atoms with Crippen molar-refractivity contribution in [3.63, 3.8) is 0 Å². The first-order chi connectivity index (χ1) is 7.76. The summed E-state index contributed by atoms with van der Waals surface area (Å²) in [6, 6.07) is 9.46. The number of hydrogen-bond donors (Lipinski definition) is 2. The van der Waals surface area contributed by atoms with Crippen LogP contribution in [-0.2, 0) is 16.0 Å². The molecule has 0 spiro atoms. The van der Waals surface area contributed by atoms with Gasteiger partial charge in [-0.2, -0.15) is 0 Å². The standard InChI is InChI=1S/C12H17NO3/c1-16-9-12(15)13-11(8-14)7-10-5-3-2-4-6-10/h2-6,11,14H,7-9H2,1H3,(H,13,15)/t11-/m1/s1. The van der Waals surface area contributed by atoms with Gasteiger partial charge >= 0.3 is 0 Å². The Bertz CT molecular complexity index is 313. The number of ether oxygens (including phenoxy) is 1. The lowest BCUT2D eigenvalue weighted by atomic mass is 10.1. The highest BCUT2D eigenvalue weighted by atomic mass is 16.5. The molecular weight excluding hydrogens is 206 g/mol. The third-order valence-electron chi connectivity index (χ3n) is 2.19. The van der Waals surface area contributed by atoms with Gasteiger partial charge in [-0.15, -0.1) is 0 Å². The molecule has 0 unspecified atom stereocenters. The molecule has 0 radical (unpaired) electrons. The first kappa shape index (κ1) is 12.7. The highest BCUT2D eigenvalue weighted by Crippen LogP contribution is 2.02. The first-order valence-corrected chi connectivity index (χ1v) is 5.19. The van der Waals surface area contributed by atoms with Gasteiger partial charge in [-0.3, -0.25) is 4.79 Å². The molecule has 88 valence electrons. The summed E-state index contributed by atoms with van der Waals surface area (Å²) >= 11 is 0. The van der Waals surface area contributed by atoms with E-state index in [0.29, 0.717) is 6.42 Å². The monoisotopic (exact) mass is 223 g/mol. The Morgan fingerprint density at radius 2 is 2.12 bits per heavy atom. The van der Waals surface area contributed by atoms with Crippen molar-refractivity contribution in [2.45, 2.75) is 12.5 Å². The van der Waals surface area contributed by atoms with Crippen molar-refractivity contribution in [1.82, 2.24) is 5.32 Å². The second kappa shape index (κ2) is 6.98. The summed E-state index contributed by atoms with van der Waals surface area (Å²) in [7, 11) is 1.46. The van der Waals surface area contributed by atoms with Gasteiger partial charge in [0.2, 0.25) is 5.91 Å². The van der Waals surface area contributed by atoms with Crippen molar-refractivity contribution in [3.8, 4) is 0 Å². The summed E-state index contributed by atoms with van der Waals surface area (Å²) in [5.74, 6) is -0.211. The highest BCUT2D eigenvalue weighted by Gasteiger charge is 2.11. The Morgan fingerprint density at radius 3 is 2.69 bits per heavy atom. The number of methoxy groups -OCH3 is 1. The molecular formula is C12H17NO3. The predicted octanol–water partition coefficient (Wildman–Crippen LogP) is 0.353. The fourth-order valence-electron chi connectivity index (χ4n) is 1.46. The van der Waals surface area contributed by atoms with E-state index in [0.717, 1.165) is 5.56 Å². The van der Waals surface area contributed by atoms with Crippen LogP contribution in [0, 0.1) is 0 Å². The molecule has 0 saturated carbocycles. The van der Waals surface area contributed by atoms with E-state index >= 15 is 0 Å². The molecule has 1 amide bonds. The van der Waals surface area contributed by atoms with E-state index in [2.05, 4.69) is 5.32 Å². The molecule has 16 heavy (non-hydrogen) atoms. The molecule has 0 fully saturated rings. The van der Waals surface area contributed by atoms with Gasteiger partial charge in [0.25, 0.3) is 0 Å². The van der Waals surface area contributed by atoms with Gasteiger partial charge in [0.05, 0.1) is 12.6 Å². The molecule has 0 bridgehead atoms. The van der Waals surface area contributed by atoms with E-state index in [-0.39, 0.29) is 25.2 Å². The van der Waals surface area contributed by atoms with Crippen LogP contribution in [0.3, 0.4) is 0 Å². The number of carbonyl (C=O) groups is 1. The third-order valence-corrected chi connectivity index (χ3v) is 2.19. The Labute approximate surface area is 95.2 Å². The maximum Gasteiger partial charge on any atom is 0.246 e. The van der Waals surface area contributed by atoms with E-state index < -0.39 is 0 Å². The topological polar surface area (TPSA) is 58.6 Å². The molecule has 4 nitrogen and oxygen atoms in total. The molecule has 1 atom stereocenters. The van der Waals surface area contributed by atoms with Gasteiger partial charge < -0.3 is 15.2 Å². The number of aliphatic hydroxyl groups is 1. The smallest absolute Gasteiger partial charge is 0.246 e. The molecule has 4 heteroatoms. The first-order valence-electron chi connectivity index (χ1n) is 5.19. The van der Waals surface area contributed by atoms with Crippen LogP contribution in [0.4, 0.5) is 0 Å². The van der Waals surface area contributed by atoms with Gasteiger partial charge in [0.15, 0.2) is 0 Å². The predicted molar refractivity (Wildman–Crippen MR) is 61.0 cm³/mol. The zero-order valence-corrected chi connectivity index (χ0v) is 9.35. The second-order valence-electron chi connectivity index (χ2n) is 3.57. The summed E-state index contributed by atoms with van der Waals surface area (Å²) in [6.45, 7) is -0.0599. The normalized spacial score (nSPS) is 12.1. The van der Waals surface area contributed by atoms with Gasteiger partial charge in [-0.1, -0.05) is 30.3 Å². The number of aliphatic hydroxyl groups excluding tert-OH is 1. The minimum atomic E-state index is -0.259. The van der Waals surface area contributed by atoms with E-state index in [1.54, 1.807) is 0 Å². The highest BCUT2D eigenvalue weighted by molar-refractivity contribution is 5.77. The number of carbonyl (C=O) groups excluding carboxylic acids is 1. The number of rotatable bonds is 6. The van der Waals surface area contributed by atoms with E-state index in [4.69, 9.17) is 9.84 Å². The summed E-state index contributed by atoms with van der Waals surface area (Å²) in [6.07, 6.45) is 0.618. The average molecular weight is 223 g/mol. The van der Waals surface area contributed by atoms with Gasteiger partial charge in [0, 0.05) is 7.11 Å². The zero-order valence-electron chi connectivity index (χ0n) is 9.35. The molecule has 0 aliphatic carbocycles. The summed E-state index contributed by atoms with van der Waals surface area (Å²) in [5.41, 5.74) is 1.08. The summed E-state index contributed by atoms with van der Waals surface area (Å²) in [4.78, 5) is 11.3. The van der Waals surface area contributed by atoms with Crippen LogP contribution in [0.1, 0.15) is 5.56 Å². The lowest BCUT2D eigenvalue weighted by molar-refractivity contribution is -0.125. The molecule has 0 heterocycles. The Kier molecular flexibility index (Phi) is 5.53. The third kappa shape index (κ3) is 4.42. The summed E-state index contributed by atoms with van der Waals surface area (Å²) in [5, 5.41) is 11.9. The van der Waals surface area contributed by atoms with Crippen LogP contribution in [0.2, 0.25) is 0 Å². The van der Waals surface area contributed by atoms with Crippen LogP contribution in [0.5, 0.6) is 0 Å². The maximum atomic E-state index is 11.3. The van der Waals surface area contributed by atoms with Crippen LogP contribution in [-0.4, -0.2) is 37.4 Å². The van der Waals surface area contributed by atoms with E-state index in [9.17, 15) is 4.79 Å². The molecule has 1 aromatic carbocycles.